The molecule has 1 aliphatic heterocycles. The van der Waals surface area contributed by atoms with Crippen molar-refractivity contribution in [2.75, 3.05) is 13.2 Å². The van der Waals surface area contributed by atoms with Gasteiger partial charge in [-0.15, -0.1) is 0 Å². The van der Waals surface area contributed by atoms with Crippen LogP contribution in [0, 0.1) is 0 Å². The molecule has 0 saturated carbocycles. The summed E-state index contributed by atoms with van der Waals surface area (Å²) in [7, 11) is 0. The number of nitrogens with zero attached hydrogens (tertiary/aromatic N) is 1. The van der Waals surface area contributed by atoms with Gasteiger partial charge in [-0.25, -0.2) is 4.79 Å². The maximum absolute atomic E-state index is 12.7. The molecule has 1 amide bonds. The summed E-state index contributed by atoms with van der Waals surface area (Å²) in [6.07, 6.45) is 2.05. The molecule has 0 aromatic heterocycles. The van der Waals surface area contributed by atoms with E-state index < -0.39 is 6.16 Å². The van der Waals surface area contributed by atoms with Crippen molar-refractivity contribution in [3.05, 3.63) is 66.2 Å². The Morgan fingerprint density at radius 3 is 2.36 bits per heavy atom. The van der Waals surface area contributed by atoms with E-state index in [1.807, 2.05) is 24.3 Å². The van der Waals surface area contributed by atoms with Gasteiger partial charge in [0.1, 0.15) is 12.4 Å². The minimum absolute atomic E-state index is 0.0228. The zero-order valence-electron chi connectivity index (χ0n) is 14.0. The lowest BCUT2D eigenvalue weighted by atomic mass is 10.0. The molecule has 2 aromatic carbocycles. The van der Waals surface area contributed by atoms with Gasteiger partial charge in [0.05, 0.1) is 6.04 Å². The summed E-state index contributed by atoms with van der Waals surface area (Å²) in [6, 6.07) is 17.8. The Bertz CT molecular complexity index is 702. The van der Waals surface area contributed by atoms with Gasteiger partial charge in [-0.05, 0) is 43.5 Å². The van der Waals surface area contributed by atoms with Crippen LogP contribution in [0.5, 0.6) is 5.75 Å². The molecule has 1 fully saturated rings. The van der Waals surface area contributed by atoms with Gasteiger partial charge in [-0.2, -0.15) is 0 Å². The molecule has 1 saturated heterocycles. The molecule has 1 heterocycles. The van der Waals surface area contributed by atoms with Crippen molar-refractivity contribution in [3.63, 3.8) is 0 Å². The average Bonchev–Trinajstić information content (AvgIpc) is 2.67. The molecule has 0 bridgehead atoms. The van der Waals surface area contributed by atoms with E-state index in [4.69, 9.17) is 9.47 Å². The monoisotopic (exact) mass is 339 g/mol. The molecule has 0 unspecified atom stereocenters. The summed E-state index contributed by atoms with van der Waals surface area (Å²) in [4.78, 5) is 26.4. The van der Waals surface area contributed by atoms with E-state index in [0.717, 1.165) is 19.3 Å². The molecule has 5 heteroatoms. The lowest BCUT2D eigenvalue weighted by Crippen LogP contribution is -2.46. The van der Waals surface area contributed by atoms with Crippen molar-refractivity contribution in [1.82, 2.24) is 4.90 Å². The smallest absolute Gasteiger partial charge is 0.432 e. The Kier molecular flexibility index (Phi) is 5.67. The summed E-state index contributed by atoms with van der Waals surface area (Å²) in [5.74, 6) is 0.415. The van der Waals surface area contributed by atoms with Crippen molar-refractivity contribution >= 4 is 12.1 Å². The molecule has 0 aliphatic carbocycles. The zero-order valence-corrected chi connectivity index (χ0v) is 14.0. The maximum atomic E-state index is 12.7. The first-order valence-electron chi connectivity index (χ1n) is 8.50. The molecular formula is C20H21NO4. The molecular weight excluding hydrogens is 318 g/mol. The molecule has 130 valence electrons. The summed E-state index contributed by atoms with van der Waals surface area (Å²) >= 11 is 0. The Morgan fingerprint density at radius 2 is 1.64 bits per heavy atom. The fourth-order valence-corrected chi connectivity index (χ4v) is 2.97. The minimum atomic E-state index is -0.746. The fourth-order valence-electron chi connectivity index (χ4n) is 2.97. The van der Waals surface area contributed by atoms with Crippen LogP contribution in [0.4, 0.5) is 4.79 Å². The van der Waals surface area contributed by atoms with Gasteiger partial charge < -0.3 is 14.4 Å². The van der Waals surface area contributed by atoms with Crippen LogP contribution in [0.1, 0.15) is 29.6 Å². The predicted octanol–water partition coefficient (Wildman–Crippen LogP) is 3.90. The Labute approximate surface area is 147 Å². The normalized spacial score (nSPS) is 17.0. The maximum Gasteiger partial charge on any atom is 0.513 e. The molecule has 25 heavy (non-hydrogen) atoms. The fraction of sp³-hybridized carbons (Fsp3) is 0.300. The number of rotatable bonds is 4. The van der Waals surface area contributed by atoms with E-state index in [2.05, 4.69) is 0 Å². The molecule has 3 rings (SSSR count). The second-order valence-corrected chi connectivity index (χ2v) is 5.99. The quantitative estimate of drug-likeness (QED) is 0.626. The van der Waals surface area contributed by atoms with Crippen molar-refractivity contribution < 1.29 is 19.1 Å². The lowest BCUT2D eigenvalue weighted by Gasteiger charge is -2.35. The standard InChI is InChI=1S/C20H21NO4/c22-19(16-9-3-1-4-10-16)21-14-8-7-11-17(21)15-24-20(23)25-18-12-5-2-6-13-18/h1-6,9-10,12-13,17H,7-8,11,14-15H2/t17-/m0/s1. The van der Waals surface area contributed by atoms with Crippen molar-refractivity contribution in [2.24, 2.45) is 0 Å². The first kappa shape index (κ1) is 17.0. The van der Waals surface area contributed by atoms with Gasteiger partial charge in [0.15, 0.2) is 0 Å². The number of ether oxygens (including phenoxy) is 2. The van der Waals surface area contributed by atoms with Gasteiger partial charge >= 0.3 is 6.16 Å². The van der Waals surface area contributed by atoms with Crippen molar-refractivity contribution in [3.8, 4) is 5.75 Å². The Balaban J connectivity index is 1.58. The summed E-state index contributed by atoms with van der Waals surface area (Å²) < 4.78 is 10.4. The molecule has 0 radical (unpaired) electrons. The van der Waals surface area contributed by atoms with Crippen LogP contribution in [0.3, 0.4) is 0 Å². The van der Waals surface area contributed by atoms with Crippen LogP contribution in [0.15, 0.2) is 60.7 Å². The average molecular weight is 339 g/mol. The third-order valence-corrected chi connectivity index (χ3v) is 4.25. The van der Waals surface area contributed by atoms with Gasteiger partial charge in [-0.3, -0.25) is 4.79 Å². The highest BCUT2D eigenvalue weighted by Gasteiger charge is 2.28. The van der Waals surface area contributed by atoms with E-state index in [9.17, 15) is 9.59 Å². The number of benzene rings is 2. The molecule has 2 aromatic rings. The van der Waals surface area contributed by atoms with Gasteiger partial charge in [0.2, 0.25) is 0 Å². The highest BCUT2D eigenvalue weighted by atomic mass is 16.7. The first-order chi connectivity index (χ1) is 12.2. The van der Waals surface area contributed by atoms with Gasteiger partial charge in [0.25, 0.3) is 5.91 Å². The number of amides is 1. The highest BCUT2D eigenvalue weighted by molar-refractivity contribution is 5.94. The van der Waals surface area contributed by atoms with Crippen LogP contribution in [0.2, 0.25) is 0 Å². The number of para-hydroxylation sites is 1. The Morgan fingerprint density at radius 1 is 0.960 bits per heavy atom. The zero-order chi connectivity index (χ0) is 17.5. The lowest BCUT2D eigenvalue weighted by molar-refractivity contribution is 0.0360. The van der Waals surface area contributed by atoms with Gasteiger partial charge in [-0.1, -0.05) is 36.4 Å². The number of likely N-dealkylation sites (tertiary alicyclic amines) is 1. The number of carbonyl (C=O) groups excluding carboxylic acids is 2. The van der Waals surface area contributed by atoms with Crippen LogP contribution < -0.4 is 4.74 Å². The van der Waals surface area contributed by atoms with Crippen LogP contribution in [0.25, 0.3) is 0 Å². The second-order valence-electron chi connectivity index (χ2n) is 5.99. The molecule has 1 atom stereocenters. The summed E-state index contributed by atoms with van der Waals surface area (Å²) in [5.41, 5.74) is 0.654. The summed E-state index contributed by atoms with van der Waals surface area (Å²) in [5, 5.41) is 0. The number of hydrogen-bond acceptors (Lipinski definition) is 4. The first-order valence-corrected chi connectivity index (χ1v) is 8.50. The minimum Gasteiger partial charge on any atom is -0.432 e. The van der Waals surface area contributed by atoms with E-state index in [1.54, 1.807) is 41.3 Å². The topological polar surface area (TPSA) is 55.8 Å². The highest BCUT2D eigenvalue weighted by Crippen LogP contribution is 2.20. The van der Waals surface area contributed by atoms with E-state index >= 15 is 0 Å². The Hall–Kier alpha value is -2.82. The second kappa shape index (κ2) is 8.33. The van der Waals surface area contributed by atoms with Crippen LogP contribution in [-0.2, 0) is 4.74 Å². The van der Waals surface area contributed by atoms with Crippen LogP contribution in [-0.4, -0.2) is 36.2 Å². The van der Waals surface area contributed by atoms with Gasteiger partial charge in [0, 0.05) is 12.1 Å². The molecule has 1 aliphatic rings. The third kappa shape index (κ3) is 4.59. The van der Waals surface area contributed by atoms with E-state index in [0.29, 0.717) is 17.9 Å². The molecule has 5 nitrogen and oxygen atoms in total. The third-order valence-electron chi connectivity index (χ3n) is 4.25. The SMILES string of the molecule is O=C(OC[C@@H]1CCCCN1C(=O)c1ccccc1)Oc1ccccc1. The van der Waals surface area contributed by atoms with E-state index in [-0.39, 0.29) is 18.6 Å². The summed E-state index contributed by atoms with van der Waals surface area (Å²) in [6.45, 7) is 0.819. The largest absolute Gasteiger partial charge is 0.513 e. The van der Waals surface area contributed by atoms with Crippen molar-refractivity contribution in [2.45, 2.75) is 25.3 Å². The number of carbonyl (C=O) groups is 2. The van der Waals surface area contributed by atoms with Crippen LogP contribution >= 0.6 is 0 Å². The number of piperidine rings is 1. The van der Waals surface area contributed by atoms with Crippen molar-refractivity contribution in [1.29, 1.82) is 0 Å². The predicted molar refractivity (Wildman–Crippen MR) is 93.5 cm³/mol. The molecule has 0 spiro atoms. The number of hydrogen-bond donors (Lipinski definition) is 0. The van der Waals surface area contributed by atoms with E-state index in [1.165, 1.54) is 0 Å². The molecule has 0 N–H and O–H groups in total.